The molecule has 0 bridgehead atoms. The summed E-state index contributed by atoms with van der Waals surface area (Å²) >= 11 is 1.71. The van der Waals surface area contributed by atoms with Crippen molar-refractivity contribution in [3.63, 3.8) is 0 Å². The van der Waals surface area contributed by atoms with Gasteiger partial charge in [0, 0.05) is 45.2 Å². The molecule has 2 rings (SSSR count). The first kappa shape index (κ1) is 24.6. The summed E-state index contributed by atoms with van der Waals surface area (Å²) in [6, 6.07) is 0. The second-order valence-corrected chi connectivity index (χ2v) is 8.10. The first-order valence-electron chi connectivity index (χ1n) is 9.96. The number of thiazole rings is 1. The van der Waals surface area contributed by atoms with Crippen LogP contribution >= 0.6 is 35.3 Å². The molecule has 0 aromatic carbocycles. The van der Waals surface area contributed by atoms with Gasteiger partial charge in [0.25, 0.3) is 0 Å². The zero-order chi connectivity index (χ0) is 18.8. The summed E-state index contributed by atoms with van der Waals surface area (Å²) in [5.74, 6) is 1.35. The molecule has 2 N–H and O–H groups in total. The highest BCUT2D eigenvalue weighted by molar-refractivity contribution is 14.0. The molecular formula is C19H37IN6S. The van der Waals surface area contributed by atoms with Crippen molar-refractivity contribution < 1.29 is 0 Å². The van der Waals surface area contributed by atoms with Gasteiger partial charge in [-0.1, -0.05) is 20.8 Å². The molecular weight excluding hydrogens is 471 g/mol. The summed E-state index contributed by atoms with van der Waals surface area (Å²) in [5, 5.41) is 10.0. The first-order valence-corrected chi connectivity index (χ1v) is 10.8. The molecule has 8 heteroatoms. The van der Waals surface area contributed by atoms with Crippen LogP contribution in [0.3, 0.4) is 0 Å². The second kappa shape index (κ2) is 13.7. The summed E-state index contributed by atoms with van der Waals surface area (Å²) in [7, 11) is 1.82. The van der Waals surface area contributed by atoms with Gasteiger partial charge < -0.3 is 20.4 Å². The molecule has 27 heavy (non-hydrogen) atoms. The number of hydrogen-bond acceptors (Lipinski definition) is 5. The Balaban J connectivity index is 0.00000364. The maximum atomic E-state index is 4.65. The van der Waals surface area contributed by atoms with Crippen molar-refractivity contribution in [3.05, 3.63) is 16.1 Å². The summed E-state index contributed by atoms with van der Waals surface area (Å²) < 4.78 is 0. The third-order valence-corrected chi connectivity index (χ3v) is 5.76. The molecule has 1 saturated heterocycles. The number of nitrogens with one attached hydrogen (secondary N) is 2. The van der Waals surface area contributed by atoms with Crippen LogP contribution in [0.5, 0.6) is 0 Å². The van der Waals surface area contributed by atoms with Crippen molar-refractivity contribution >= 4 is 41.3 Å². The predicted octanol–water partition coefficient (Wildman–Crippen LogP) is 2.97. The molecule has 2 heterocycles. The van der Waals surface area contributed by atoms with Gasteiger partial charge >= 0.3 is 0 Å². The summed E-state index contributed by atoms with van der Waals surface area (Å²) in [6.07, 6.45) is 2.41. The van der Waals surface area contributed by atoms with E-state index in [1.54, 1.807) is 11.3 Å². The normalized spacial score (nSPS) is 16.4. The number of guanidine groups is 1. The maximum Gasteiger partial charge on any atom is 0.191 e. The van der Waals surface area contributed by atoms with E-state index in [2.05, 4.69) is 56.6 Å². The van der Waals surface area contributed by atoms with E-state index >= 15 is 0 Å². The van der Waals surface area contributed by atoms with Gasteiger partial charge in [0.2, 0.25) is 0 Å². The third kappa shape index (κ3) is 9.06. The average molecular weight is 509 g/mol. The van der Waals surface area contributed by atoms with E-state index in [4.69, 9.17) is 0 Å². The van der Waals surface area contributed by atoms with Gasteiger partial charge in [-0.05, 0) is 31.8 Å². The molecule has 6 nitrogen and oxygen atoms in total. The monoisotopic (exact) mass is 508 g/mol. The molecule has 1 aromatic heterocycles. The molecule has 0 saturated carbocycles. The van der Waals surface area contributed by atoms with Crippen molar-refractivity contribution in [1.29, 1.82) is 0 Å². The van der Waals surface area contributed by atoms with Crippen LogP contribution < -0.4 is 10.6 Å². The van der Waals surface area contributed by atoms with Gasteiger partial charge in [0.15, 0.2) is 5.96 Å². The molecule has 0 amide bonds. The Morgan fingerprint density at radius 2 is 1.89 bits per heavy atom. The van der Waals surface area contributed by atoms with Crippen LogP contribution in [-0.2, 0) is 6.54 Å². The molecule has 0 radical (unpaired) electrons. The van der Waals surface area contributed by atoms with Crippen LogP contribution in [0.4, 0.5) is 0 Å². The maximum absolute atomic E-state index is 4.65. The highest BCUT2D eigenvalue weighted by Crippen LogP contribution is 2.17. The molecule has 0 spiro atoms. The van der Waals surface area contributed by atoms with E-state index in [1.165, 1.54) is 57.8 Å². The highest BCUT2D eigenvalue weighted by atomic mass is 127. The third-order valence-electron chi connectivity index (χ3n) is 4.90. The minimum absolute atomic E-state index is 0. The fourth-order valence-corrected chi connectivity index (χ4v) is 3.94. The smallest absolute Gasteiger partial charge is 0.191 e. The van der Waals surface area contributed by atoms with Gasteiger partial charge in [-0.3, -0.25) is 4.99 Å². The number of likely N-dealkylation sites (N-methyl/N-ethyl adjacent to an activating group) is 1. The van der Waals surface area contributed by atoms with Crippen molar-refractivity contribution in [2.24, 2.45) is 4.99 Å². The Labute approximate surface area is 186 Å². The van der Waals surface area contributed by atoms with E-state index < -0.39 is 0 Å². The van der Waals surface area contributed by atoms with Crippen molar-refractivity contribution in [3.8, 4) is 0 Å². The molecule has 1 aromatic rings. The topological polar surface area (TPSA) is 55.8 Å². The molecule has 0 unspecified atom stereocenters. The van der Waals surface area contributed by atoms with Crippen LogP contribution in [0.15, 0.2) is 10.4 Å². The van der Waals surface area contributed by atoms with Gasteiger partial charge in [0.1, 0.15) is 5.01 Å². The van der Waals surface area contributed by atoms with Gasteiger partial charge in [-0.2, -0.15) is 0 Å². The van der Waals surface area contributed by atoms with Crippen LogP contribution in [-0.4, -0.2) is 73.6 Å². The number of piperazine rings is 1. The van der Waals surface area contributed by atoms with Crippen LogP contribution in [0, 0.1) is 0 Å². The zero-order valence-electron chi connectivity index (χ0n) is 17.3. The Morgan fingerprint density at radius 3 is 2.48 bits per heavy atom. The van der Waals surface area contributed by atoms with E-state index in [0.29, 0.717) is 5.92 Å². The molecule has 1 fully saturated rings. The van der Waals surface area contributed by atoms with E-state index in [0.717, 1.165) is 24.1 Å². The molecule has 1 aliphatic heterocycles. The number of aromatic nitrogens is 1. The first-order chi connectivity index (χ1) is 12.6. The Hall–Kier alpha value is -0.450. The van der Waals surface area contributed by atoms with Crippen molar-refractivity contribution in [2.45, 2.75) is 46.1 Å². The fraction of sp³-hybridized carbons (Fsp3) is 0.789. The van der Waals surface area contributed by atoms with E-state index in [-0.39, 0.29) is 24.0 Å². The zero-order valence-corrected chi connectivity index (χ0v) is 20.5. The van der Waals surface area contributed by atoms with Crippen LogP contribution in [0.2, 0.25) is 0 Å². The minimum Gasteiger partial charge on any atom is -0.356 e. The Morgan fingerprint density at radius 1 is 1.19 bits per heavy atom. The number of hydrogen-bond donors (Lipinski definition) is 2. The molecule has 1 aliphatic rings. The summed E-state index contributed by atoms with van der Waals surface area (Å²) in [4.78, 5) is 14.1. The number of unbranched alkanes of at least 4 members (excludes halogenated alkanes) is 1. The minimum atomic E-state index is 0. The predicted molar refractivity (Wildman–Crippen MR) is 128 cm³/mol. The Bertz CT molecular complexity index is 540. The fourth-order valence-electron chi connectivity index (χ4n) is 3.05. The number of rotatable bonds is 9. The number of nitrogens with zero attached hydrogens (tertiary/aromatic N) is 4. The van der Waals surface area contributed by atoms with E-state index in [9.17, 15) is 0 Å². The Kier molecular flexibility index (Phi) is 12.5. The second-order valence-electron chi connectivity index (χ2n) is 7.16. The average Bonchev–Trinajstić information content (AvgIpc) is 3.14. The van der Waals surface area contributed by atoms with Gasteiger partial charge in [-0.25, -0.2) is 4.98 Å². The van der Waals surface area contributed by atoms with Gasteiger partial charge in [0.05, 0.1) is 12.2 Å². The van der Waals surface area contributed by atoms with Crippen molar-refractivity contribution in [1.82, 2.24) is 25.4 Å². The standard InChI is InChI=1S/C19H36N6S.HI/c1-5-24-10-12-25(13-11-24)9-7-6-8-21-19(20-4)22-14-18-23-17(15-26-18)16(2)3;/h15-16H,5-14H2,1-4H3,(H2,20,21,22);1H. The summed E-state index contributed by atoms with van der Waals surface area (Å²) in [5.41, 5.74) is 1.18. The number of aliphatic imine (C=N–C) groups is 1. The highest BCUT2D eigenvalue weighted by Gasteiger charge is 2.14. The van der Waals surface area contributed by atoms with E-state index in [1.807, 2.05) is 7.05 Å². The van der Waals surface area contributed by atoms with Crippen LogP contribution in [0.25, 0.3) is 0 Å². The molecule has 156 valence electrons. The summed E-state index contributed by atoms with van der Waals surface area (Å²) in [6.45, 7) is 15.6. The largest absolute Gasteiger partial charge is 0.356 e. The molecule has 0 aliphatic carbocycles. The lowest BCUT2D eigenvalue weighted by Crippen LogP contribution is -2.46. The van der Waals surface area contributed by atoms with Crippen molar-refractivity contribution in [2.75, 3.05) is 52.9 Å². The number of halogens is 1. The quantitative estimate of drug-likeness (QED) is 0.233. The lowest BCUT2D eigenvalue weighted by Gasteiger charge is -2.34. The SMILES string of the molecule is CCN1CCN(CCCCNC(=NC)NCc2nc(C(C)C)cs2)CC1.I. The lowest BCUT2D eigenvalue weighted by molar-refractivity contribution is 0.136. The van der Waals surface area contributed by atoms with Crippen LogP contribution in [0.1, 0.15) is 50.2 Å². The molecule has 0 atom stereocenters. The lowest BCUT2D eigenvalue weighted by atomic mass is 10.2. The van der Waals surface area contributed by atoms with Gasteiger partial charge in [-0.15, -0.1) is 35.3 Å².